The molecule has 0 N–H and O–H groups in total. The van der Waals surface area contributed by atoms with Crippen LogP contribution >= 0.6 is 0 Å². The largest absolute Gasteiger partial charge is 0.351 e. The van der Waals surface area contributed by atoms with E-state index >= 15 is 0 Å². The first-order valence-electron chi connectivity index (χ1n) is 7.15. The topological polar surface area (TPSA) is 18.5 Å². The highest BCUT2D eigenvalue weighted by Crippen LogP contribution is 2.65. The van der Waals surface area contributed by atoms with Crippen molar-refractivity contribution in [2.75, 3.05) is 14.2 Å². The van der Waals surface area contributed by atoms with E-state index in [2.05, 4.69) is 49.6 Å². The number of methoxy groups -OCH3 is 2. The van der Waals surface area contributed by atoms with Crippen LogP contribution in [0.2, 0.25) is 0 Å². The molecule has 2 aromatic rings. The molecule has 2 aliphatic carbocycles. The molecule has 1 fully saturated rings. The Morgan fingerprint density at radius 2 is 1.29 bits per heavy atom. The minimum absolute atomic E-state index is 0.0320. The van der Waals surface area contributed by atoms with E-state index in [0.29, 0.717) is 0 Å². The number of hydrogen-bond acceptors (Lipinski definition) is 2. The molecule has 0 radical (unpaired) electrons. The van der Waals surface area contributed by atoms with Gasteiger partial charge in [-0.15, -0.1) is 0 Å². The zero-order valence-electron chi connectivity index (χ0n) is 12.3. The van der Waals surface area contributed by atoms with Crippen LogP contribution < -0.4 is 0 Å². The van der Waals surface area contributed by atoms with Crippen LogP contribution in [0.15, 0.2) is 60.7 Å². The summed E-state index contributed by atoms with van der Waals surface area (Å²) in [7, 11) is 3.42. The smallest absolute Gasteiger partial charge is 0.189 e. The zero-order valence-corrected chi connectivity index (χ0v) is 12.3. The first kappa shape index (κ1) is 12.8. The van der Waals surface area contributed by atoms with E-state index in [1.165, 1.54) is 21.9 Å². The Balaban J connectivity index is 2.05. The second kappa shape index (κ2) is 4.06. The molecule has 106 valence electrons. The number of ether oxygens (including phenoxy) is 2. The van der Waals surface area contributed by atoms with Crippen molar-refractivity contribution in [3.8, 4) is 0 Å². The summed E-state index contributed by atoms with van der Waals surface area (Å²) in [5.74, 6) is -0.623. The molecule has 4 rings (SSSR count). The van der Waals surface area contributed by atoms with Gasteiger partial charge in [0, 0.05) is 14.2 Å². The lowest BCUT2D eigenvalue weighted by molar-refractivity contribution is -0.209. The first-order valence-corrected chi connectivity index (χ1v) is 7.15. The molecule has 2 atom stereocenters. The van der Waals surface area contributed by atoms with E-state index in [1.54, 1.807) is 14.2 Å². The van der Waals surface area contributed by atoms with Gasteiger partial charge < -0.3 is 9.47 Å². The van der Waals surface area contributed by atoms with E-state index in [0.717, 1.165) is 11.1 Å². The third-order valence-electron chi connectivity index (χ3n) is 5.13. The molecule has 2 aromatic carbocycles. The van der Waals surface area contributed by atoms with Gasteiger partial charge in [0.2, 0.25) is 0 Å². The van der Waals surface area contributed by atoms with Crippen molar-refractivity contribution < 1.29 is 9.47 Å². The van der Waals surface area contributed by atoms with Gasteiger partial charge in [-0.25, -0.2) is 0 Å². The highest BCUT2D eigenvalue weighted by molar-refractivity contribution is 5.86. The maximum Gasteiger partial charge on any atom is 0.189 e. The fourth-order valence-corrected chi connectivity index (χ4v) is 4.16. The molecule has 0 saturated heterocycles. The SMILES string of the molecule is C=C1C(=C)[C@H]2c3cc4ccccc4cc3[C@@H]1C2(OC)OC. The Labute approximate surface area is 124 Å². The summed E-state index contributed by atoms with van der Waals surface area (Å²) in [6.45, 7) is 8.46. The number of fused-ring (bicyclic) bond motifs is 6. The highest BCUT2D eigenvalue weighted by atomic mass is 16.7. The summed E-state index contributed by atoms with van der Waals surface area (Å²) in [6.07, 6.45) is 0. The molecule has 2 aliphatic rings. The van der Waals surface area contributed by atoms with Crippen LogP contribution in [-0.4, -0.2) is 20.0 Å². The van der Waals surface area contributed by atoms with Crippen LogP contribution in [-0.2, 0) is 9.47 Å². The summed E-state index contributed by atoms with van der Waals surface area (Å²) < 4.78 is 11.7. The van der Waals surface area contributed by atoms with Crippen molar-refractivity contribution in [2.24, 2.45) is 0 Å². The van der Waals surface area contributed by atoms with Crippen LogP contribution in [0.4, 0.5) is 0 Å². The molecule has 1 saturated carbocycles. The van der Waals surface area contributed by atoms with E-state index < -0.39 is 5.79 Å². The molecule has 2 nitrogen and oxygen atoms in total. The van der Waals surface area contributed by atoms with Gasteiger partial charge in [0.25, 0.3) is 0 Å². The van der Waals surface area contributed by atoms with Gasteiger partial charge >= 0.3 is 0 Å². The Hall–Kier alpha value is -1.90. The number of benzene rings is 2. The molecule has 0 amide bonds. The fraction of sp³-hybridized carbons (Fsp3) is 0.263. The van der Waals surface area contributed by atoms with Gasteiger partial charge in [0.15, 0.2) is 5.79 Å². The summed E-state index contributed by atoms with van der Waals surface area (Å²) in [5, 5.41) is 2.48. The Morgan fingerprint density at radius 3 is 1.67 bits per heavy atom. The second-order valence-corrected chi connectivity index (χ2v) is 5.87. The number of hydrogen-bond donors (Lipinski definition) is 0. The summed E-state index contributed by atoms with van der Waals surface area (Å²) in [6, 6.07) is 12.9. The molecule has 0 unspecified atom stereocenters. The third-order valence-corrected chi connectivity index (χ3v) is 5.13. The summed E-state index contributed by atoms with van der Waals surface area (Å²) in [5.41, 5.74) is 4.59. The monoisotopic (exact) mass is 278 g/mol. The predicted molar refractivity (Wildman–Crippen MR) is 84.5 cm³/mol. The van der Waals surface area contributed by atoms with Crippen LogP contribution in [0.25, 0.3) is 10.8 Å². The Kier molecular flexibility index (Phi) is 2.48. The summed E-state index contributed by atoms with van der Waals surface area (Å²) in [4.78, 5) is 0. The van der Waals surface area contributed by atoms with Crippen molar-refractivity contribution in [1.82, 2.24) is 0 Å². The molecular weight excluding hydrogens is 260 g/mol. The minimum Gasteiger partial charge on any atom is -0.351 e. The Morgan fingerprint density at radius 1 is 0.857 bits per heavy atom. The lowest BCUT2D eigenvalue weighted by atomic mass is 9.84. The average Bonchev–Trinajstić information content (AvgIpc) is 2.91. The van der Waals surface area contributed by atoms with Crippen LogP contribution in [0.5, 0.6) is 0 Å². The van der Waals surface area contributed by atoms with Crippen molar-refractivity contribution in [2.45, 2.75) is 17.6 Å². The lowest BCUT2D eigenvalue weighted by Crippen LogP contribution is -2.37. The van der Waals surface area contributed by atoms with Crippen molar-refractivity contribution >= 4 is 10.8 Å². The fourth-order valence-electron chi connectivity index (χ4n) is 4.16. The van der Waals surface area contributed by atoms with Gasteiger partial charge in [0.05, 0.1) is 11.8 Å². The molecule has 2 bridgehead atoms. The maximum absolute atomic E-state index is 5.84. The number of rotatable bonds is 2. The van der Waals surface area contributed by atoms with Gasteiger partial charge in [0.1, 0.15) is 0 Å². The average molecular weight is 278 g/mol. The first-order chi connectivity index (χ1) is 10.1. The van der Waals surface area contributed by atoms with Gasteiger partial charge in [-0.1, -0.05) is 49.6 Å². The minimum atomic E-state index is -0.687. The molecular formula is C19H18O2. The van der Waals surface area contributed by atoms with Gasteiger partial charge in [-0.2, -0.15) is 0 Å². The molecule has 0 aliphatic heterocycles. The summed E-state index contributed by atoms with van der Waals surface area (Å²) >= 11 is 0. The molecule has 0 aromatic heterocycles. The maximum atomic E-state index is 5.84. The van der Waals surface area contributed by atoms with E-state index in [-0.39, 0.29) is 11.8 Å². The molecule has 21 heavy (non-hydrogen) atoms. The van der Waals surface area contributed by atoms with Crippen LogP contribution in [0.1, 0.15) is 23.0 Å². The molecule has 0 spiro atoms. The zero-order chi connectivity index (χ0) is 14.8. The molecule has 0 heterocycles. The van der Waals surface area contributed by atoms with Crippen LogP contribution in [0.3, 0.4) is 0 Å². The standard InChI is InChI=1S/C19H18O2/c1-11-12(2)18-16-10-14-8-6-5-7-13(14)9-15(16)17(11)19(18,20-3)21-4/h5-10,17-18H,1-2H2,3-4H3/t17-,18+. The van der Waals surface area contributed by atoms with Gasteiger partial charge in [-0.05, 0) is 33.0 Å². The van der Waals surface area contributed by atoms with Gasteiger partial charge in [-0.3, -0.25) is 0 Å². The third kappa shape index (κ3) is 1.34. The van der Waals surface area contributed by atoms with Crippen molar-refractivity contribution in [3.05, 3.63) is 71.8 Å². The molecule has 2 heteroatoms. The van der Waals surface area contributed by atoms with E-state index in [4.69, 9.17) is 9.47 Å². The van der Waals surface area contributed by atoms with Crippen molar-refractivity contribution in [1.29, 1.82) is 0 Å². The highest BCUT2D eigenvalue weighted by Gasteiger charge is 2.62. The second-order valence-electron chi connectivity index (χ2n) is 5.87. The predicted octanol–water partition coefficient (Wildman–Crippen LogP) is 4.14. The van der Waals surface area contributed by atoms with Crippen LogP contribution in [0, 0.1) is 0 Å². The Bertz CT molecular complexity index is 721. The normalized spacial score (nSPS) is 25.6. The quantitative estimate of drug-likeness (QED) is 0.769. The lowest BCUT2D eigenvalue weighted by Gasteiger charge is -2.31. The van der Waals surface area contributed by atoms with E-state index in [9.17, 15) is 0 Å². The van der Waals surface area contributed by atoms with Crippen molar-refractivity contribution in [3.63, 3.8) is 0 Å². The van der Waals surface area contributed by atoms with E-state index in [1.807, 2.05) is 0 Å².